The minimum Gasteiger partial charge on any atom is -0.351 e. The first-order valence-electron chi connectivity index (χ1n) is 5.34. The SMILES string of the molecule is Cc1cnnc(N2CCC(C)C2CBr)c1. The highest BCUT2D eigenvalue weighted by molar-refractivity contribution is 9.09. The molecule has 0 radical (unpaired) electrons. The Balaban J connectivity index is 2.23. The summed E-state index contributed by atoms with van der Waals surface area (Å²) in [6.07, 6.45) is 3.04. The van der Waals surface area contributed by atoms with Crippen LogP contribution in [0.5, 0.6) is 0 Å². The van der Waals surface area contributed by atoms with Crippen LogP contribution >= 0.6 is 15.9 Å². The van der Waals surface area contributed by atoms with Crippen molar-refractivity contribution in [2.75, 3.05) is 16.8 Å². The summed E-state index contributed by atoms with van der Waals surface area (Å²) in [4.78, 5) is 2.36. The summed E-state index contributed by atoms with van der Waals surface area (Å²) in [5.41, 5.74) is 1.17. The first-order valence-corrected chi connectivity index (χ1v) is 6.46. The molecular formula is C11H16BrN3. The zero-order chi connectivity index (χ0) is 10.8. The number of rotatable bonds is 2. The first kappa shape index (κ1) is 10.9. The third-order valence-corrected chi connectivity index (χ3v) is 3.78. The van der Waals surface area contributed by atoms with Crippen molar-refractivity contribution in [3.63, 3.8) is 0 Å². The number of aromatic nitrogens is 2. The number of hydrogen-bond donors (Lipinski definition) is 0. The van der Waals surface area contributed by atoms with E-state index in [2.05, 4.69) is 50.9 Å². The van der Waals surface area contributed by atoms with Crippen LogP contribution in [0.1, 0.15) is 18.9 Å². The van der Waals surface area contributed by atoms with E-state index in [0.717, 1.165) is 23.6 Å². The van der Waals surface area contributed by atoms with E-state index in [1.165, 1.54) is 12.0 Å². The number of halogens is 1. The van der Waals surface area contributed by atoms with E-state index in [0.29, 0.717) is 6.04 Å². The number of aryl methyl sites for hydroxylation is 1. The molecule has 0 aliphatic carbocycles. The predicted molar refractivity (Wildman–Crippen MR) is 65.5 cm³/mol. The highest BCUT2D eigenvalue weighted by atomic mass is 79.9. The standard InChI is InChI=1S/C11H16BrN3/c1-8-5-11(14-13-7-8)15-4-3-9(2)10(15)6-12/h5,7,9-10H,3-4,6H2,1-2H3. The lowest BCUT2D eigenvalue weighted by molar-refractivity contribution is 0.552. The maximum Gasteiger partial charge on any atom is 0.151 e. The van der Waals surface area contributed by atoms with Crippen molar-refractivity contribution in [3.05, 3.63) is 17.8 Å². The Morgan fingerprint density at radius 2 is 2.40 bits per heavy atom. The van der Waals surface area contributed by atoms with Crippen LogP contribution in [-0.4, -0.2) is 28.1 Å². The maximum atomic E-state index is 4.21. The molecule has 0 saturated carbocycles. The van der Waals surface area contributed by atoms with Crippen LogP contribution in [0.4, 0.5) is 5.82 Å². The van der Waals surface area contributed by atoms with Crippen molar-refractivity contribution < 1.29 is 0 Å². The second-order valence-electron chi connectivity index (χ2n) is 4.27. The third-order valence-electron chi connectivity index (χ3n) is 3.11. The monoisotopic (exact) mass is 269 g/mol. The highest BCUT2D eigenvalue weighted by Crippen LogP contribution is 2.29. The normalized spacial score (nSPS) is 25.9. The van der Waals surface area contributed by atoms with Gasteiger partial charge < -0.3 is 4.90 Å². The van der Waals surface area contributed by atoms with E-state index < -0.39 is 0 Å². The van der Waals surface area contributed by atoms with Gasteiger partial charge in [-0.05, 0) is 30.9 Å². The molecule has 82 valence electrons. The van der Waals surface area contributed by atoms with Gasteiger partial charge in [0.2, 0.25) is 0 Å². The molecule has 0 N–H and O–H groups in total. The highest BCUT2D eigenvalue weighted by Gasteiger charge is 2.31. The van der Waals surface area contributed by atoms with Crippen molar-refractivity contribution >= 4 is 21.7 Å². The van der Waals surface area contributed by atoms with Gasteiger partial charge in [0, 0.05) is 17.9 Å². The lowest BCUT2D eigenvalue weighted by Crippen LogP contribution is -2.34. The van der Waals surface area contributed by atoms with Crippen molar-refractivity contribution in [1.82, 2.24) is 10.2 Å². The van der Waals surface area contributed by atoms with Gasteiger partial charge in [0.25, 0.3) is 0 Å². The fourth-order valence-electron chi connectivity index (χ4n) is 2.12. The summed E-state index contributed by atoms with van der Waals surface area (Å²) in [5.74, 6) is 1.75. The summed E-state index contributed by atoms with van der Waals surface area (Å²) >= 11 is 3.58. The summed E-state index contributed by atoms with van der Waals surface area (Å²) < 4.78 is 0. The smallest absolute Gasteiger partial charge is 0.151 e. The van der Waals surface area contributed by atoms with Gasteiger partial charge in [0.1, 0.15) is 0 Å². The first-order chi connectivity index (χ1) is 7.22. The van der Waals surface area contributed by atoms with Crippen LogP contribution < -0.4 is 4.90 Å². The molecule has 0 spiro atoms. The van der Waals surface area contributed by atoms with Gasteiger partial charge in [0.15, 0.2) is 5.82 Å². The van der Waals surface area contributed by atoms with E-state index in [1.807, 2.05) is 0 Å². The number of nitrogens with zero attached hydrogens (tertiary/aromatic N) is 3. The molecule has 1 aromatic heterocycles. The summed E-state index contributed by atoms with van der Waals surface area (Å²) in [6.45, 7) is 5.45. The Labute approximate surface area is 99.0 Å². The van der Waals surface area contributed by atoms with Crippen LogP contribution in [0.15, 0.2) is 12.3 Å². The number of hydrogen-bond acceptors (Lipinski definition) is 3. The van der Waals surface area contributed by atoms with Gasteiger partial charge in [-0.1, -0.05) is 22.9 Å². The Morgan fingerprint density at radius 3 is 3.07 bits per heavy atom. The topological polar surface area (TPSA) is 29.0 Å². The molecule has 1 fully saturated rings. The Bertz CT molecular complexity index is 342. The molecule has 1 aromatic rings. The van der Waals surface area contributed by atoms with Crippen LogP contribution in [-0.2, 0) is 0 Å². The molecule has 0 bridgehead atoms. The van der Waals surface area contributed by atoms with E-state index in [9.17, 15) is 0 Å². The summed E-state index contributed by atoms with van der Waals surface area (Å²) in [5, 5.41) is 9.23. The maximum absolute atomic E-state index is 4.21. The molecule has 1 aliphatic rings. The van der Waals surface area contributed by atoms with Gasteiger partial charge in [-0.15, -0.1) is 5.10 Å². The molecule has 4 heteroatoms. The molecule has 2 rings (SSSR count). The lowest BCUT2D eigenvalue weighted by atomic mass is 10.1. The van der Waals surface area contributed by atoms with Crippen molar-refractivity contribution in [1.29, 1.82) is 0 Å². The number of anilines is 1. The molecule has 0 aromatic carbocycles. The van der Waals surface area contributed by atoms with Crippen LogP contribution in [0, 0.1) is 12.8 Å². The Morgan fingerprint density at radius 1 is 1.60 bits per heavy atom. The van der Waals surface area contributed by atoms with Gasteiger partial charge in [-0.25, -0.2) is 0 Å². The van der Waals surface area contributed by atoms with Gasteiger partial charge in [0.05, 0.1) is 6.20 Å². The average molecular weight is 270 g/mol. The van der Waals surface area contributed by atoms with E-state index in [4.69, 9.17) is 0 Å². The van der Waals surface area contributed by atoms with E-state index in [1.54, 1.807) is 6.20 Å². The molecule has 15 heavy (non-hydrogen) atoms. The Kier molecular flexibility index (Phi) is 3.24. The van der Waals surface area contributed by atoms with Crippen LogP contribution in [0.2, 0.25) is 0 Å². The quantitative estimate of drug-likeness (QED) is 0.773. The average Bonchev–Trinajstić information content (AvgIpc) is 2.59. The molecular weight excluding hydrogens is 254 g/mol. The van der Waals surface area contributed by atoms with E-state index in [-0.39, 0.29) is 0 Å². The third kappa shape index (κ3) is 2.14. The fraction of sp³-hybridized carbons (Fsp3) is 0.636. The van der Waals surface area contributed by atoms with Gasteiger partial charge >= 0.3 is 0 Å². The molecule has 0 amide bonds. The van der Waals surface area contributed by atoms with Gasteiger partial charge in [-0.3, -0.25) is 0 Å². The molecule has 3 nitrogen and oxygen atoms in total. The minimum absolute atomic E-state index is 0.557. The van der Waals surface area contributed by atoms with Crippen LogP contribution in [0.3, 0.4) is 0 Å². The number of alkyl halides is 1. The van der Waals surface area contributed by atoms with Crippen molar-refractivity contribution in [2.24, 2.45) is 5.92 Å². The molecule has 2 heterocycles. The summed E-state index contributed by atoms with van der Waals surface area (Å²) in [6, 6.07) is 2.67. The predicted octanol–water partition coefficient (Wildman–Crippen LogP) is 2.39. The molecule has 1 saturated heterocycles. The zero-order valence-corrected chi connectivity index (χ0v) is 10.7. The minimum atomic E-state index is 0.557. The van der Waals surface area contributed by atoms with E-state index >= 15 is 0 Å². The summed E-state index contributed by atoms with van der Waals surface area (Å²) in [7, 11) is 0. The molecule has 1 aliphatic heterocycles. The van der Waals surface area contributed by atoms with Crippen LogP contribution in [0.25, 0.3) is 0 Å². The second-order valence-corrected chi connectivity index (χ2v) is 4.92. The molecule has 2 atom stereocenters. The zero-order valence-electron chi connectivity index (χ0n) is 9.15. The van der Waals surface area contributed by atoms with Gasteiger partial charge in [-0.2, -0.15) is 5.10 Å². The second kappa shape index (κ2) is 4.47. The van der Waals surface area contributed by atoms with Crippen molar-refractivity contribution in [2.45, 2.75) is 26.3 Å². The Hall–Kier alpha value is -0.640. The lowest BCUT2D eigenvalue weighted by Gasteiger charge is -2.25. The van der Waals surface area contributed by atoms with Crippen molar-refractivity contribution in [3.8, 4) is 0 Å². The largest absolute Gasteiger partial charge is 0.351 e. The fourth-order valence-corrected chi connectivity index (χ4v) is 3.10. The molecule has 2 unspecified atom stereocenters.